The molecule has 2 rings (SSSR count). The first-order chi connectivity index (χ1) is 12.3. The van der Waals surface area contributed by atoms with Gasteiger partial charge in [0, 0.05) is 25.4 Å². The zero-order chi connectivity index (χ0) is 19.2. The van der Waals surface area contributed by atoms with E-state index in [1.165, 1.54) is 19.2 Å². The number of carboxylic acids is 1. The second-order valence-electron chi connectivity index (χ2n) is 5.68. The first-order valence-electron chi connectivity index (χ1n) is 8.02. The molecule has 0 fully saturated rings. The van der Waals surface area contributed by atoms with E-state index in [4.69, 9.17) is 4.74 Å². The number of carboxylic acid groups (broad SMARTS) is 1. The standard InChI is InChI=1S/C18H22N2O5S/c1-13(14-6-4-3-5-7-14)20-17-9-8-15(12-16(17)18(21)22)26(23,24)19-10-11-25-2/h3-9,12-13,19-20H,10-11H2,1-2H3,(H,21,22). The van der Waals surface area contributed by atoms with Gasteiger partial charge in [0.2, 0.25) is 10.0 Å². The van der Waals surface area contributed by atoms with E-state index < -0.39 is 16.0 Å². The Kier molecular flexibility index (Phi) is 6.73. The summed E-state index contributed by atoms with van der Waals surface area (Å²) < 4.78 is 31.7. The minimum atomic E-state index is -3.81. The molecule has 1 atom stereocenters. The molecular weight excluding hydrogens is 356 g/mol. The molecule has 0 radical (unpaired) electrons. The molecule has 0 heterocycles. The third-order valence-corrected chi connectivity index (χ3v) is 5.26. The van der Waals surface area contributed by atoms with Crippen LogP contribution in [0.5, 0.6) is 0 Å². The monoisotopic (exact) mass is 378 g/mol. The maximum Gasteiger partial charge on any atom is 0.337 e. The molecule has 0 aliphatic heterocycles. The van der Waals surface area contributed by atoms with Crippen molar-refractivity contribution in [1.29, 1.82) is 0 Å². The van der Waals surface area contributed by atoms with Gasteiger partial charge >= 0.3 is 5.97 Å². The molecule has 0 aromatic heterocycles. The summed E-state index contributed by atoms with van der Waals surface area (Å²) in [6.07, 6.45) is 0. The van der Waals surface area contributed by atoms with Gasteiger partial charge in [0.15, 0.2) is 0 Å². The molecule has 2 aromatic carbocycles. The summed E-state index contributed by atoms with van der Waals surface area (Å²) in [4.78, 5) is 11.5. The van der Waals surface area contributed by atoms with Crippen LogP contribution in [0.4, 0.5) is 5.69 Å². The number of hydrogen-bond donors (Lipinski definition) is 3. The summed E-state index contributed by atoms with van der Waals surface area (Å²) in [5.74, 6) is -1.21. The summed E-state index contributed by atoms with van der Waals surface area (Å²) in [6.45, 7) is 2.23. The molecule has 3 N–H and O–H groups in total. The third kappa shape index (κ3) is 5.04. The Balaban J connectivity index is 2.27. The van der Waals surface area contributed by atoms with Gasteiger partial charge in [-0.1, -0.05) is 30.3 Å². The highest BCUT2D eigenvalue weighted by Crippen LogP contribution is 2.25. The number of benzene rings is 2. The van der Waals surface area contributed by atoms with E-state index in [2.05, 4.69) is 10.0 Å². The number of hydrogen-bond acceptors (Lipinski definition) is 5. The van der Waals surface area contributed by atoms with Crippen LogP contribution < -0.4 is 10.0 Å². The van der Waals surface area contributed by atoms with Gasteiger partial charge in [0.05, 0.1) is 17.1 Å². The highest BCUT2D eigenvalue weighted by molar-refractivity contribution is 7.89. The smallest absolute Gasteiger partial charge is 0.337 e. The lowest BCUT2D eigenvalue weighted by atomic mass is 10.1. The Hall–Kier alpha value is -2.42. The van der Waals surface area contributed by atoms with Crippen LogP contribution in [0, 0.1) is 0 Å². The molecule has 0 saturated carbocycles. The first-order valence-corrected chi connectivity index (χ1v) is 9.51. The summed E-state index contributed by atoms with van der Waals surface area (Å²) in [5.41, 5.74) is 1.23. The summed E-state index contributed by atoms with van der Waals surface area (Å²) in [7, 11) is -2.34. The van der Waals surface area contributed by atoms with Crippen molar-refractivity contribution in [1.82, 2.24) is 4.72 Å². The average Bonchev–Trinajstić information content (AvgIpc) is 2.62. The normalized spacial score (nSPS) is 12.5. The van der Waals surface area contributed by atoms with Gasteiger partial charge < -0.3 is 15.2 Å². The van der Waals surface area contributed by atoms with Gasteiger partial charge in [-0.3, -0.25) is 0 Å². The van der Waals surface area contributed by atoms with Crippen molar-refractivity contribution >= 4 is 21.7 Å². The molecule has 140 valence electrons. The summed E-state index contributed by atoms with van der Waals surface area (Å²) in [6, 6.07) is 13.4. The lowest BCUT2D eigenvalue weighted by Crippen LogP contribution is -2.27. The zero-order valence-electron chi connectivity index (χ0n) is 14.6. The summed E-state index contributed by atoms with van der Waals surface area (Å²) in [5, 5.41) is 12.6. The van der Waals surface area contributed by atoms with Gasteiger partial charge in [-0.15, -0.1) is 0 Å². The lowest BCUT2D eigenvalue weighted by Gasteiger charge is -2.18. The predicted molar refractivity (Wildman–Crippen MR) is 98.9 cm³/mol. The van der Waals surface area contributed by atoms with E-state index in [9.17, 15) is 18.3 Å². The van der Waals surface area contributed by atoms with Crippen molar-refractivity contribution in [2.24, 2.45) is 0 Å². The quantitative estimate of drug-likeness (QED) is 0.579. The van der Waals surface area contributed by atoms with Crippen molar-refractivity contribution in [2.45, 2.75) is 17.9 Å². The molecule has 0 spiro atoms. The van der Waals surface area contributed by atoms with E-state index in [1.807, 2.05) is 37.3 Å². The predicted octanol–water partition coefficient (Wildman–Crippen LogP) is 2.48. The third-order valence-electron chi connectivity index (χ3n) is 3.80. The van der Waals surface area contributed by atoms with Gasteiger partial charge in [0.25, 0.3) is 0 Å². The van der Waals surface area contributed by atoms with Crippen LogP contribution in [0.2, 0.25) is 0 Å². The lowest BCUT2D eigenvalue weighted by molar-refractivity contribution is 0.0697. The molecule has 8 heteroatoms. The fourth-order valence-electron chi connectivity index (χ4n) is 2.41. The molecular formula is C18H22N2O5S. The number of anilines is 1. The average molecular weight is 378 g/mol. The second kappa shape index (κ2) is 8.79. The van der Waals surface area contributed by atoms with Gasteiger partial charge in [-0.25, -0.2) is 17.9 Å². The molecule has 0 amide bonds. The Bertz CT molecular complexity index is 853. The van der Waals surface area contributed by atoms with Crippen LogP contribution in [-0.2, 0) is 14.8 Å². The van der Waals surface area contributed by atoms with Crippen LogP contribution in [0.3, 0.4) is 0 Å². The Morgan fingerprint density at radius 3 is 2.50 bits per heavy atom. The fourth-order valence-corrected chi connectivity index (χ4v) is 3.45. The van der Waals surface area contributed by atoms with Crippen molar-refractivity contribution < 1.29 is 23.1 Å². The number of sulfonamides is 1. The highest BCUT2D eigenvalue weighted by atomic mass is 32.2. The van der Waals surface area contributed by atoms with Gasteiger partial charge in [-0.05, 0) is 30.7 Å². The minimum absolute atomic E-state index is 0.103. The van der Waals surface area contributed by atoms with Crippen molar-refractivity contribution in [2.75, 3.05) is 25.6 Å². The van der Waals surface area contributed by atoms with Gasteiger partial charge in [-0.2, -0.15) is 0 Å². The van der Waals surface area contributed by atoms with Crippen LogP contribution in [-0.4, -0.2) is 39.8 Å². The van der Waals surface area contributed by atoms with Crippen molar-refractivity contribution in [3.05, 3.63) is 59.7 Å². The molecule has 26 heavy (non-hydrogen) atoms. The maximum atomic E-state index is 12.3. The van der Waals surface area contributed by atoms with E-state index in [-0.39, 0.29) is 29.7 Å². The van der Waals surface area contributed by atoms with Gasteiger partial charge in [0.1, 0.15) is 0 Å². The number of methoxy groups -OCH3 is 1. The Labute approximate surface area is 153 Å². The van der Waals surface area contributed by atoms with Crippen molar-refractivity contribution in [3.8, 4) is 0 Å². The fraction of sp³-hybridized carbons (Fsp3) is 0.278. The summed E-state index contributed by atoms with van der Waals surface area (Å²) >= 11 is 0. The Morgan fingerprint density at radius 2 is 1.88 bits per heavy atom. The maximum absolute atomic E-state index is 12.3. The van der Waals surface area contributed by atoms with E-state index in [0.717, 1.165) is 11.6 Å². The number of ether oxygens (including phenoxy) is 1. The van der Waals surface area contributed by atoms with E-state index >= 15 is 0 Å². The molecule has 7 nitrogen and oxygen atoms in total. The number of nitrogens with one attached hydrogen (secondary N) is 2. The van der Waals surface area contributed by atoms with Crippen LogP contribution >= 0.6 is 0 Å². The van der Waals surface area contributed by atoms with Crippen LogP contribution in [0.25, 0.3) is 0 Å². The van der Waals surface area contributed by atoms with Crippen LogP contribution in [0.15, 0.2) is 53.4 Å². The molecule has 0 aliphatic carbocycles. The molecule has 0 saturated heterocycles. The number of rotatable bonds is 9. The molecule has 2 aromatic rings. The largest absolute Gasteiger partial charge is 0.478 e. The van der Waals surface area contributed by atoms with E-state index in [0.29, 0.717) is 5.69 Å². The molecule has 0 bridgehead atoms. The topological polar surface area (TPSA) is 105 Å². The molecule has 0 aliphatic rings. The SMILES string of the molecule is COCCNS(=O)(=O)c1ccc(NC(C)c2ccccc2)c(C(=O)O)c1. The minimum Gasteiger partial charge on any atom is -0.478 e. The van der Waals surface area contributed by atoms with Crippen LogP contribution in [0.1, 0.15) is 28.9 Å². The van der Waals surface area contributed by atoms with E-state index in [1.54, 1.807) is 0 Å². The zero-order valence-corrected chi connectivity index (χ0v) is 15.4. The number of carbonyl (C=O) groups is 1. The Morgan fingerprint density at radius 1 is 1.19 bits per heavy atom. The molecule has 1 unspecified atom stereocenters. The van der Waals surface area contributed by atoms with Crippen molar-refractivity contribution in [3.63, 3.8) is 0 Å². The first kappa shape index (κ1) is 19.9. The highest BCUT2D eigenvalue weighted by Gasteiger charge is 2.19. The number of aromatic carboxylic acids is 1. The second-order valence-corrected chi connectivity index (χ2v) is 7.45.